The summed E-state index contributed by atoms with van der Waals surface area (Å²) in [6.07, 6.45) is -1.75. The number of benzene rings is 3. The molecule has 0 saturated carbocycles. The van der Waals surface area contributed by atoms with E-state index in [0.29, 0.717) is 5.75 Å². The highest BCUT2D eigenvalue weighted by atomic mass is 32.2. The molecular formula is C40H53O6PS. The Balaban J connectivity index is 1.58. The van der Waals surface area contributed by atoms with E-state index in [1.807, 2.05) is 13.8 Å². The smallest absolute Gasteiger partial charge is 0.387 e. The summed E-state index contributed by atoms with van der Waals surface area (Å²) in [5, 5.41) is 2.19. The van der Waals surface area contributed by atoms with Gasteiger partial charge in [-0.3, -0.25) is 4.52 Å². The zero-order valence-electron chi connectivity index (χ0n) is 31.2. The molecule has 2 aliphatic rings. The lowest BCUT2D eigenvalue weighted by molar-refractivity contribution is -0.209. The number of rotatable bonds is 5. The molecule has 48 heavy (non-hydrogen) atoms. The number of aryl methyl sites for hydroxylation is 6. The van der Waals surface area contributed by atoms with E-state index in [4.69, 9.17) is 27.1 Å². The Hall–Kier alpha value is -2.25. The van der Waals surface area contributed by atoms with Crippen molar-refractivity contribution in [3.05, 3.63) is 74.8 Å². The molecule has 6 rings (SSSR count). The minimum absolute atomic E-state index is 0.183. The van der Waals surface area contributed by atoms with E-state index in [9.17, 15) is 0 Å². The molecule has 6 nitrogen and oxygen atoms in total. The van der Waals surface area contributed by atoms with Gasteiger partial charge in [-0.2, -0.15) is 0 Å². The maximum Gasteiger partial charge on any atom is 0.387 e. The van der Waals surface area contributed by atoms with Crippen molar-refractivity contribution in [2.24, 2.45) is 0 Å². The van der Waals surface area contributed by atoms with Gasteiger partial charge in [0.05, 0.1) is 0 Å². The molecule has 4 aromatic rings. The van der Waals surface area contributed by atoms with Gasteiger partial charge < -0.3 is 22.6 Å². The van der Waals surface area contributed by atoms with Gasteiger partial charge in [0.25, 0.3) is 0 Å². The highest BCUT2D eigenvalue weighted by Gasteiger charge is 2.56. The number of hydrogen-bond acceptors (Lipinski definition) is 7. The normalized spacial score (nSPS) is 22.5. The van der Waals surface area contributed by atoms with Crippen molar-refractivity contribution >= 4 is 41.9 Å². The Bertz CT molecular complexity index is 1820. The van der Waals surface area contributed by atoms with Crippen LogP contribution in [0, 0.1) is 41.5 Å². The molecule has 0 amide bonds. The quantitative estimate of drug-likeness (QED) is 0.193. The lowest BCUT2D eigenvalue weighted by Gasteiger charge is -2.25. The first-order valence-electron chi connectivity index (χ1n) is 17.1. The van der Waals surface area contributed by atoms with Gasteiger partial charge in [0.2, 0.25) is 0 Å². The maximum atomic E-state index is 7.07. The van der Waals surface area contributed by atoms with Gasteiger partial charge in [0.1, 0.15) is 29.5 Å². The molecule has 2 fully saturated rings. The Kier molecular flexibility index (Phi) is 9.27. The first-order valence-corrected chi connectivity index (χ1v) is 19.2. The standard InChI is InChI=1S/C40H53O6PS/c1-21-16-15-17-22(2)36(21)48-20-29-34(35-37(41-29)43-40(13,14)42-35)46-47-44-32-27(38(7,8)9)18-23(3)25(5)30(32)31-26(6)24(4)19-28(33(31)45-47)39(10,11)12/h15-19,29,34-35,37H,20H2,1-14H3/t29-,34+,35-,37-/m1/s1. The number of hydrogen-bond donors (Lipinski definition) is 0. The summed E-state index contributed by atoms with van der Waals surface area (Å²) in [6, 6.07) is 11.0. The van der Waals surface area contributed by atoms with E-state index < -0.39 is 32.5 Å². The van der Waals surface area contributed by atoms with Crippen LogP contribution in [0.4, 0.5) is 0 Å². The summed E-state index contributed by atoms with van der Waals surface area (Å²) in [6.45, 7) is 30.4. The van der Waals surface area contributed by atoms with E-state index >= 15 is 0 Å². The van der Waals surface area contributed by atoms with E-state index in [1.165, 1.54) is 38.3 Å². The first-order chi connectivity index (χ1) is 22.3. The van der Waals surface area contributed by atoms with Gasteiger partial charge in [-0.05, 0) is 99.6 Å². The fraction of sp³-hybridized carbons (Fsp3) is 0.550. The zero-order valence-corrected chi connectivity index (χ0v) is 32.9. The van der Waals surface area contributed by atoms with Crippen molar-refractivity contribution in [2.75, 3.05) is 5.75 Å². The van der Waals surface area contributed by atoms with Crippen molar-refractivity contribution in [1.82, 2.24) is 0 Å². The van der Waals surface area contributed by atoms with Crippen LogP contribution in [0.5, 0.6) is 0 Å². The van der Waals surface area contributed by atoms with Gasteiger partial charge in [-0.1, -0.05) is 71.9 Å². The summed E-state index contributed by atoms with van der Waals surface area (Å²) in [5.74, 6) is -0.120. The van der Waals surface area contributed by atoms with E-state index in [0.717, 1.165) is 33.1 Å². The minimum Gasteiger partial charge on any atom is -0.399 e. The molecule has 0 unspecified atom stereocenters. The summed E-state index contributed by atoms with van der Waals surface area (Å²) in [7, 11) is -1.94. The van der Waals surface area contributed by atoms with Crippen LogP contribution in [-0.2, 0) is 25.0 Å². The van der Waals surface area contributed by atoms with Crippen LogP contribution < -0.4 is 4.52 Å². The molecule has 8 heteroatoms. The van der Waals surface area contributed by atoms with Crippen molar-refractivity contribution in [3.8, 4) is 0 Å². The van der Waals surface area contributed by atoms with Gasteiger partial charge >= 0.3 is 8.24 Å². The average molecular weight is 693 g/mol. The van der Waals surface area contributed by atoms with E-state index in [2.05, 4.69) is 113 Å². The number of fused-ring (bicyclic) bond motifs is 4. The number of thioether (sulfide) groups is 1. The van der Waals surface area contributed by atoms with Gasteiger partial charge in [-0.25, -0.2) is 0 Å². The van der Waals surface area contributed by atoms with E-state index in [-0.39, 0.29) is 16.9 Å². The monoisotopic (exact) mass is 692 g/mol. The summed E-state index contributed by atoms with van der Waals surface area (Å²) >= 11 is 1.78. The fourth-order valence-corrected chi connectivity index (χ4v) is 9.45. The highest BCUT2D eigenvalue weighted by Crippen LogP contribution is 2.48. The van der Waals surface area contributed by atoms with Crippen LogP contribution in [-0.4, -0.2) is 36.1 Å². The molecule has 0 spiro atoms. The van der Waals surface area contributed by atoms with Crippen LogP contribution in [0.2, 0.25) is 0 Å². The summed E-state index contributed by atoms with van der Waals surface area (Å²) < 4.78 is 40.5. The lowest BCUT2D eigenvalue weighted by Crippen LogP contribution is -2.39. The Morgan fingerprint density at radius 1 is 0.750 bits per heavy atom. The molecule has 1 aromatic heterocycles. The third-order valence-electron chi connectivity index (χ3n) is 9.89. The number of ether oxygens (including phenoxy) is 3. The predicted molar refractivity (Wildman–Crippen MR) is 198 cm³/mol. The SMILES string of the molecule is Cc1cccc(C)c1SC[C@H]1O[C@@H]2OC(C)(C)O[C@@H]2[C@H]1Op1oc2c(C(C)(C)C)cc(C)c(C)c2c2c(C)c(C)cc(C(C)(C)C)c2o1. The van der Waals surface area contributed by atoms with Crippen LogP contribution in [0.1, 0.15) is 99.9 Å². The van der Waals surface area contributed by atoms with Crippen LogP contribution in [0.15, 0.2) is 43.6 Å². The second-order valence-electron chi connectivity index (χ2n) is 16.3. The van der Waals surface area contributed by atoms with E-state index in [1.54, 1.807) is 11.8 Å². The van der Waals surface area contributed by atoms with Crippen LogP contribution in [0.25, 0.3) is 21.9 Å². The molecule has 2 aliphatic heterocycles. The molecular weight excluding hydrogens is 639 g/mol. The first kappa shape index (κ1) is 35.6. The molecule has 2 saturated heterocycles. The second kappa shape index (κ2) is 12.5. The van der Waals surface area contributed by atoms with Crippen molar-refractivity contribution in [2.45, 2.75) is 143 Å². The largest absolute Gasteiger partial charge is 0.399 e. The molecule has 0 N–H and O–H groups in total. The third-order valence-corrected chi connectivity index (χ3v) is 12.4. The minimum atomic E-state index is -1.94. The van der Waals surface area contributed by atoms with Crippen molar-refractivity contribution < 1.29 is 27.1 Å². The molecule has 0 bridgehead atoms. The molecule has 4 atom stereocenters. The predicted octanol–water partition coefficient (Wildman–Crippen LogP) is 11.2. The van der Waals surface area contributed by atoms with Gasteiger partial charge in [0.15, 0.2) is 12.1 Å². The fourth-order valence-electron chi connectivity index (χ4n) is 7.00. The molecule has 3 aromatic carbocycles. The molecule has 0 aliphatic carbocycles. The van der Waals surface area contributed by atoms with Gasteiger partial charge in [-0.15, -0.1) is 11.8 Å². The molecule has 260 valence electrons. The van der Waals surface area contributed by atoms with Crippen LogP contribution >= 0.6 is 20.0 Å². The lowest BCUT2D eigenvalue weighted by atomic mass is 9.81. The Morgan fingerprint density at radius 3 is 1.73 bits per heavy atom. The molecule has 3 heterocycles. The Labute approximate surface area is 291 Å². The maximum absolute atomic E-state index is 7.07. The van der Waals surface area contributed by atoms with Crippen molar-refractivity contribution in [3.63, 3.8) is 0 Å². The molecule has 0 radical (unpaired) electrons. The third kappa shape index (κ3) is 6.52. The van der Waals surface area contributed by atoms with Crippen molar-refractivity contribution in [1.29, 1.82) is 0 Å². The summed E-state index contributed by atoms with van der Waals surface area (Å²) in [4.78, 5) is 1.26. The van der Waals surface area contributed by atoms with Crippen LogP contribution in [0.3, 0.4) is 0 Å². The zero-order chi connectivity index (χ0) is 35.1. The topological polar surface area (TPSA) is 63.2 Å². The Morgan fingerprint density at radius 2 is 1.25 bits per heavy atom. The highest BCUT2D eigenvalue weighted by molar-refractivity contribution is 7.99. The van der Waals surface area contributed by atoms with Gasteiger partial charge in [0, 0.05) is 32.5 Å². The average Bonchev–Trinajstić information content (AvgIpc) is 3.35. The summed E-state index contributed by atoms with van der Waals surface area (Å²) in [5.41, 5.74) is 10.9. The second-order valence-corrected chi connectivity index (χ2v) is 18.3.